The number of non-ortho nitro benzene ring substituents is 1. The highest BCUT2D eigenvalue weighted by Gasteiger charge is 2.21. The van der Waals surface area contributed by atoms with Crippen molar-refractivity contribution in [1.82, 2.24) is 9.97 Å². The molecule has 5 aromatic carbocycles. The van der Waals surface area contributed by atoms with Crippen LogP contribution in [0.5, 0.6) is 5.75 Å². The van der Waals surface area contributed by atoms with E-state index in [2.05, 4.69) is 85.8 Å². The third-order valence-electron chi connectivity index (χ3n) is 12.1. The van der Waals surface area contributed by atoms with Crippen molar-refractivity contribution in [3.05, 3.63) is 182 Å². The molecule has 2 aromatic heterocycles. The molecule has 2 heterocycles. The number of carboxylic acids is 2. The molecule has 436 valence electrons. The van der Waals surface area contributed by atoms with Gasteiger partial charge in [-0.3, -0.25) is 20.2 Å². The van der Waals surface area contributed by atoms with E-state index in [-0.39, 0.29) is 46.3 Å². The number of nitrogens with one attached hydrogen (secondary N) is 2. The average Bonchev–Trinajstić information content (AvgIpc) is 3.58. The number of aromatic nitrogens is 2. The number of anilines is 5. The third kappa shape index (κ3) is 19.9. The first-order valence-electron chi connectivity index (χ1n) is 26.7. The average molecular weight is 1180 g/mol. The third-order valence-corrected chi connectivity index (χ3v) is 12.5. The van der Waals surface area contributed by atoms with Gasteiger partial charge < -0.3 is 35.8 Å². The Labute approximate surface area is 498 Å². The number of nitriles is 2. The quantitative estimate of drug-likeness (QED) is 0.0269. The minimum atomic E-state index is -1.08. The van der Waals surface area contributed by atoms with E-state index >= 15 is 0 Å². The lowest BCUT2D eigenvalue weighted by Crippen LogP contribution is -2.32. The molecule has 0 saturated heterocycles. The van der Waals surface area contributed by atoms with Crippen molar-refractivity contribution in [3.63, 3.8) is 0 Å². The zero-order chi connectivity index (χ0) is 61.8. The number of nitrogens with zero attached hydrogens (tertiary/aromatic N) is 7. The highest BCUT2D eigenvalue weighted by Crippen LogP contribution is 2.36. The molecule has 84 heavy (non-hydrogen) atoms. The highest BCUT2D eigenvalue weighted by molar-refractivity contribution is 6.31. The van der Waals surface area contributed by atoms with Gasteiger partial charge in [0, 0.05) is 54.6 Å². The number of aromatic carboxylic acids is 2. The first kappa shape index (κ1) is 65.3. The number of ether oxygens (including phenoxy) is 1. The van der Waals surface area contributed by atoms with Crippen molar-refractivity contribution in [2.24, 2.45) is 23.7 Å². The number of nitrogen functional groups attached to an aromatic ring is 1. The molecule has 0 aliphatic rings. The smallest absolute Gasteiger partial charge is 0.417 e. The van der Waals surface area contributed by atoms with Gasteiger partial charge in [0.05, 0.1) is 57.1 Å². The van der Waals surface area contributed by atoms with Gasteiger partial charge in [0.2, 0.25) is 5.91 Å². The Morgan fingerprint density at radius 3 is 1.54 bits per heavy atom. The number of carboxylic acid groups (broad SMARTS) is 2. The summed E-state index contributed by atoms with van der Waals surface area (Å²) in [5, 5.41) is 53.4. The minimum Gasteiger partial charge on any atom is -0.478 e. The van der Waals surface area contributed by atoms with Crippen molar-refractivity contribution >= 4 is 81.3 Å². The van der Waals surface area contributed by atoms with Gasteiger partial charge in [-0.05, 0) is 130 Å². The van der Waals surface area contributed by atoms with E-state index < -0.39 is 23.0 Å². The fourth-order valence-corrected chi connectivity index (χ4v) is 9.02. The highest BCUT2D eigenvalue weighted by atomic mass is 35.5. The number of hydrogen-bond acceptors (Lipinski definition) is 14. The maximum absolute atomic E-state index is 13.1. The van der Waals surface area contributed by atoms with E-state index in [0.29, 0.717) is 73.0 Å². The largest absolute Gasteiger partial charge is 0.478 e. The zero-order valence-corrected chi connectivity index (χ0v) is 49.3. The first-order valence-corrected chi connectivity index (χ1v) is 27.4. The summed E-state index contributed by atoms with van der Waals surface area (Å²) in [7, 11) is 0. The molecule has 0 aliphatic heterocycles. The molecule has 21 heteroatoms. The summed E-state index contributed by atoms with van der Waals surface area (Å²) >= 11 is 12.0. The SMILES string of the molecule is CC(C)CN(CC(C)C)c1ccc(-c2ccc(Cl)cc2C(=O)O)cc1N.CC(C)CN(CC(C)C)c1ccc(-c2ccc(Cl)cc2C(=O)O)cc1NC(=O)Cc1ccc(C#N)nc1.N#Cc1ccc(NC(=O)Oc2ccc([N+](=O)[O-])cc2)cn1. The maximum atomic E-state index is 13.1. The predicted octanol–water partition coefficient (Wildman–Crippen LogP) is 14.1. The number of pyridine rings is 2. The fourth-order valence-electron chi connectivity index (χ4n) is 8.68. The number of amides is 2. The van der Waals surface area contributed by atoms with Crippen molar-refractivity contribution in [1.29, 1.82) is 10.5 Å². The number of nitro groups is 1. The second-order valence-corrected chi connectivity index (χ2v) is 22.0. The van der Waals surface area contributed by atoms with Gasteiger partial charge in [0.25, 0.3) is 5.69 Å². The molecule has 0 fully saturated rings. The summed E-state index contributed by atoms with van der Waals surface area (Å²) in [6.07, 6.45) is 2.15. The van der Waals surface area contributed by atoms with Crippen LogP contribution in [-0.4, -0.2) is 75.2 Å². The Balaban J connectivity index is 0.000000241. The lowest BCUT2D eigenvalue weighted by Gasteiger charge is -2.31. The number of rotatable bonds is 20. The summed E-state index contributed by atoms with van der Waals surface area (Å²) in [5.74, 6) is -0.352. The topological polar surface area (TPSA) is 291 Å². The molecular weight excluding hydrogens is 1110 g/mol. The fraction of sp³-hybridized carbons (Fsp3) is 0.270. The summed E-state index contributed by atoms with van der Waals surface area (Å²) in [5.41, 5.74) is 13.7. The molecule has 0 atom stereocenters. The molecule has 2 amide bonds. The number of carbonyl (C=O) groups excluding carboxylic acids is 2. The molecule has 0 unspecified atom stereocenters. The summed E-state index contributed by atoms with van der Waals surface area (Å²) in [6, 6.07) is 36.1. The number of nitro benzene ring substituents is 1. The van der Waals surface area contributed by atoms with E-state index in [0.717, 1.165) is 43.1 Å². The van der Waals surface area contributed by atoms with Crippen LogP contribution in [0.25, 0.3) is 22.3 Å². The van der Waals surface area contributed by atoms with E-state index in [1.54, 1.807) is 36.4 Å². The molecule has 0 radical (unpaired) electrons. The summed E-state index contributed by atoms with van der Waals surface area (Å²) < 4.78 is 4.94. The van der Waals surface area contributed by atoms with Gasteiger partial charge >= 0.3 is 18.0 Å². The minimum absolute atomic E-state index is 0.0814. The number of carbonyl (C=O) groups is 4. The van der Waals surface area contributed by atoms with Gasteiger partial charge in [-0.2, -0.15) is 10.5 Å². The van der Waals surface area contributed by atoms with Gasteiger partial charge in [-0.15, -0.1) is 0 Å². The first-order chi connectivity index (χ1) is 39.8. The Kier molecular flexibility index (Phi) is 24.1. The van der Waals surface area contributed by atoms with Crippen molar-refractivity contribution in [2.75, 3.05) is 52.3 Å². The number of benzene rings is 5. The van der Waals surface area contributed by atoms with Crippen LogP contribution in [0.2, 0.25) is 10.0 Å². The molecule has 0 aliphatic carbocycles. The molecule has 19 nitrogen and oxygen atoms in total. The Bertz CT molecular complexity index is 3510. The zero-order valence-electron chi connectivity index (χ0n) is 47.8. The summed E-state index contributed by atoms with van der Waals surface area (Å²) in [6.45, 7) is 20.7. The summed E-state index contributed by atoms with van der Waals surface area (Å²) in [4.78, 5) is 70.5. The molecule has 0 spiro atoms. The number of hydrogen-bond donors (Lipinski definition) is 5. The lowest BCUT2D eigenvalue weighted by atomic mass is 9.98. The Morgan fingerprint density at radius 2 is 1.11 bits per heavy atom. The number of nitrogens with two attached hydrogens (primary N) is 1. The van der Waals surface area contributed by atoms with E-state index in [4.69, 9.17) is 44.2 Å². The maximum Gasteiger partial charge on any atom is 0.417 e. The second kappa shape index (κ2) is 31.0. The van der Waals surface area contributed by atoms with E-state index in [9.17, 15) is 39.5 Å². The second-order valence-electron chi connectivity index (χ2n) is 21.1. The monoisotopic (exact) mass is 1180 g/mol. The Hall–Kier alpha value is -9.56. The van der Waals surface area contributed by atoms with Crippen molar-refractivity contribution in [2.45, 2.75) is 61.8 Å². The van der Waals surface area contributed by atoms with Crippen LogP contribution in [0.15, 0.2) is 134 Å². The van der Waals surface area contributed by atoms with Crippen LogP contribution in [0.1, 0.15) is 93.1 Å². The van der Waals surface area contributed by atoms with E-state index in [1.807, 2.05) is 48.5 Å². The lowest BCUT2D eigenvalue weighted by molar-refractivity contribution is -0.384. The van der Waals surface area contributed by atoms with Gasteiger partial charge in [0.15, 0.2) is 0 Å². The van der Waals surface area contributed by atoms with Crippen LogP contribution in [0.3, 0.4) is 0 Å². The predicted molar refractivity (Wildman–Crippen MR) is 329 cm³/mol. The van der Waals surface area contributed by atoms with Crippen LogP contribution in [-0.2, 0) is 11.2 Å². The molecule has 6 N–H and O–H groups in total. The standard InChI is InChI=1S/C29H31ClN4O3.C21H27ClN2O2.C13H8N4O4/c1-18(2)16-34(17-19(3)4)27-10-6-21(24-9-7-22(30)13-25(24)29(36)37)12-26(27)33-28(35)11-20-5-8-23(14-31)32-15-20;1-13(2)11-24(12-14(3)4)20-8-5-15(9-19(20)23)17-7-6-16(22)10-18(17)21(25)26;14-7-9-1-2-10(8-15-9)16-13(18)21-12-5-3-11(4-6-12)17(19)20/h5-10,12-13,15,18-19H,11,16-17H2,1-4H3,(H,33,35)(H,36,37);5-10,13-14H,11-12,23H2,1-4H3,(H,25,26);1-6,8H,(H,16,18). The Morgan fingerprint density at radius 1 is 0.631 bits per heavy atom. The molecule has 0 bridgehead atoms. The van der Waals surface area contributed by atoms with Crippen molar-refractivity contribution in [3.8, 4) is 40.1 Å². The molecule has 7 rings (SSSR count). The molecular formula is C63H66Cl2N10O9. The van der Waals surface area contributed by atoms with Gasteiger partial charge in [-0.1, -0.05) is 109 Å². The van der Waals surface area contributed by atoms with Crippen molar-refractivity contribution < 1.29 is 39.1 Å². The van der Waals surface area contributed by atoms with Gasteiger partial charge in [-0.25, -0.2) is 24.4 Å². The van der Waals surface area contributed by atoms with Crippen LogP contribution in [0.4, 0.5) is 38.9 Å². The normalized spacial score (nSPS) is 10.6. The van der Waals surface area contributed by atoms with E-state index in [1.165, 1.54) is 60.9 Å². The molecule has 0 saturated carbocycles. The van der Waals surface area contributed by atoms with Crippen LogP contribution < -0.4 is 30.9 Å². The van der Waals surface area contributed by atoms with Gasteiger partial charge in [0.1, 0.15) is 29.3 Å². The van der Waals surface area contributed by atoms with Crippen LogP contribution >= 0.6 is 23.2 Å². The molecule has 7 aromatic rings. The van der Waals surface area contributed by atoms with Crippen LogP contribution in [0, 0.1) is 56.4 Å². The number of halogens is 2.